The highest BCUT2D eigenvalue weighted by Gasteiger charge is 2.41. The fraction of sp³-hybridized carbons (Fsp3) is 0.500. The van der Waals surface area contributed by atoms with Gasteiger partial charge in [-0.3, -0.25) is 4.79 Å². The molecule has 1 aromatic heterocycles. The molecule has 0 saturated carbocycles. The maximum absolute atomic E-state index is 12.5. The van der Waals surface area contributed by atoms with Gasteiger partial charge in [-0.15, -0.1) is 0 Å². The molecule has 0 aliphatic carbocycles. The van der Waals surface area contributed by atoms with Crippen LogP contribution < -0.4 is 0 Å². The second-order valence-electron chi connectivity index (χ2n) is 4.45. The van der Waals surface area contributed by atoms with Crippen LogP contribution in [0.3, 0.4) is 0 Å². The highest BCUT2D eigenvalue weighted by Crippen LogP contribution is 2.34. The van der Waals surface area contributed by atoms with E-state index in [0.29, 0.717) is 0 Å². The number of pyridine rings is 1. The molecule has 0 spiro atoms. The number of rotatable bonds is 1. The minimum Gasteiger partial charge on any atom is -0.339 e. The average molecular weight is 293 g/mol. The van der Waals surface area contributed by atoms with Crippen molar-refractivity contribution >= 4 is 17.5 Å². The molecule has 1 saturated heterocycles. The molecule has 2 heterocycles. The van der Waals surface area contributed by atoms with E-state index in [2.05, 4.69) is 4.98 Å². The first-order chi connectivity index (χ1) is 8.89. The van der Waals surface area contributed by atoms with Gasteiger partial charge in [0.15, 0.2) is 0 Å². The van der Waals surface area contributed by atoms with Crippen LogP contribution in [0.25, 0.3) is 0 Å². The molecule has 0 N–H and O–H groups in total. The van der Waals surface area contributed by atoms with Gasteiger partial charge >= 0.3 is 6.18 Å². The van der Waals surface area contributed by atoms with E-state index >= 15 is 0 Å². The van der Waals surface area contributed by atoms with Gasteiger partial charge in [0.1, 0.15) is 5.15 Å². The van der Waals surface area contributed by atoms with Crippen molar-refractivity contribution in [1.29, 1.82) is 0 Å². The molecule has 1 aliphatic rings. The van der Waals surface area contributed by atoms with Gasteiger partial charge in [0, 0.05) is 19.3 Å². The Labute approximate surface area is 113 Å². The van der Waals surface area contributed by atoms with Crippen LogP contribution in [0.15, 0.2) is 18.3 Å². The van der Waals surface area contributed by atoms with Crippen molar-refractivity contribution in [3.05, 3.63) is 29.0 Å². The number of amides is 1. The molecule has 0 radical (unpaired) electrons. The van der Waals surface area contributed by atoms with E-state index in [1.807, 2.05) is 0 Å². The van der Waals surface area contributed by atoms with E-state index in [4.69, 9.17) is 11.6 Å². The molecule has 0 bridgehead atoms. The van der Waals surface area contributed by atoms with Crippen molar-refractivity contribution in [1.82, 2.24) is 9.88 Å². The maximum Gasteiger partial charge on any atom is 0.391 e. The number of piperidine rings is 1. The molecule has 1 fully saturated rings. The number of aromatic nitrogens is 1. The van der Waals surface area contributed by atoms with Crippen LogP contribution in [0.4, 0.5) is 13.2 Å². The van der Waals surface area contributed by atoms with Crippen molar-refractivity contribution in [2.75, 3.05) is 13.1 Å². The minimum absolute atomic E-state index is 0.0624. The number of carbonyl (C=O) groups is 1. The molecule has 0 unspecified atom stereocenters. The van der Waals surface area contributed by atoms with Gasteiger partial charge in [0.2, 0.25) is 0 Å². The first kappa shape index (κ1) is 14.1. The van der Waals surface area contributed by atoms with Gasteiger partial charge in [-0.1, -0.05) is 11.6 Å². The predicted molar refractivity (Wildman–Crippen MR) is 63.9 cm³/mol. The Kier molecular flexibility index (Phi) is 3.99. The van der Waals surface area contributed by atoms with Crippen molar-refractivity contribution < 1.29 is 18.0 Å². The van der Waals surface area contributed by atoms with Crippen LogP contribution in [0, 0.1) is 5.92 Å². The summed E-state index contributed by atoms with van der Waals surface area (Å²) in [4.78, 5) is 17.3. The van der Waals surface area contributed by atoms with Crippen molar-refractivity contribution in [3.8, 4) is 0 Å². The number of nitrogens with zero attached hydrogens (tertiary/aromatic N) is 2. The Morgan fingerprint density at radius 3 is 2.53 bits per heavy atom. The molecular formula is C12H12ClF3N2O. The number of carbonyl (C=O) groups excluding carboxylic acids is 1. The van der Waals surface area contributed by atoms with Gasteiger partial charge in [-0.25, -0.2) is 4.98 Å². The number of hydrogen-bond donors (Lipinski definition) is 0. The maximum atomic E-state index is 12.5. The van der Waals surface area contributed by atoms with Crippen LogP contribution in [0.2, 0.25) is 5.15 Å². The van der Waals surface area contributed by atoms with Crippen LogP contribution in [-0.2, 0) is 0 Å². The van der Waals surface area contributed by atoms with Crippen LogP contribution >= 0.6 is 11.6 Å². The molecule has 1 aliphatic heterocycles. The summed E-state index contributed by atoms with van der Waals surface area (Å²) in [5.41, 5.74) is 0.231. The minimum atomic E-state index is -4.18. The Morgan fingerprint density at radius 2 is 2.00 bits per heavy atom. The van der Waals surface area contributed by atoms with Gasteiger partial charge in [-0.2, -0.15) is 13.2 Å². The van der Waals surface area contributed by atoms with Gasteiger partial charge in [0.05, 0.1) is 11.5 Å². The SMILES string of the molecule is O=C(c1cccnc1Cl)N1CCC(C(F)(F)F)CC1. The molecule has 19 heavy (non-hydrogen) atoms. The summed E-state index contributed by atoms with van der Waals surface area (Å²) in [5, 5.41) is 0.0745. The van der Waals surface area contributed by atoms with Gasteiger partial charge < -0.3 is 4.90 Å². The summed E-state index contributed by atoms with van der Waals surface area (Å²) in [6.45, 7) is 0.183. The zero-order valence-corrected chi connectivity index (χ0v) is 10.7. The summed E-state index contributed by atoms with van der Waals surface area (Å²) in [6, 6.07) is 3.09. The smallest absolute Gasteiger partial charge is 0.339 e. The Bertz CT molecular complexity index is 470. The molecule has 0 atom stereocenters. The fourth-order valence-electron chi connectivity index (χ4n) is 2.13. The van der Waals surface area contributed by atoms with Gasteiger partial charge in [-0.05, 0) is 25.0 Å². The number of likely N-dealkylation sites (tertiary alicyclic amines) is 1. The zero-order valence-electron chi connectivity index (χ0n) is 9.95. The van der Waals surface area contributed by atoms with Gasteiger partial charge in [0.25, 0.3) is 5.91 Å². The molecule has 0 aromatic carbocycles. The predicted octanol–water partition coefficient (Wildman–Crippen LogP) is 3.15. The molecule has 3 nitrogen and oxygen atoms in total. The van der Waals surface area contributed by atoms with Crippen LogP contribution in [0.1, 0.15) is 23.2 Å². The Hall–Kier alpha value is -1.30. The van der Waals surface area contributed by atoms with Crippen LogP contribution in [-0.4, -0.2) is 35.1 Å². The van der Waals surface area contributed by atoms with E-state index in [1.165, 1.54) is 17.2 Å². The molecule has 104 valence electrons. The van der Waals surface area contributed by atoms with Crippen LogP contribution in [0.5, 0.6) is 0 Å². The molecule has 2 rings (SSSR count). The first-order valence-electron chi connectivity index (χ1n) is 5.86. The molecular weight excluding hydrogens is 281 g/mol. The third kappa shape index (κ3) is 3.18. The lowest BCUT2D eigenvalue weighted by atomic mass is 9.96. The summed E-state index contributed by atoms with van der Waals surface area (Å²) in [5.74, 6) is -1.68. The first-order valence-corrected chi connectivity index (χ1v) is 6.24. The largest absolute Gasteiger partial charge is 0.391 e. The van der Waals surface area contributed by atoms with Crippen molar-refractivity contribution in [2.45, 2.75) is 19.0 Å². The quantitative estimate of drug-likeness (QED) is 0.745. The second kappa shape index (κ2) is 5.36. The number of alkyl halides is 3. The summed E-state index contributed by atoms with van der Waals surface area (Å²) < 4.78 is 37.6. The van der Waals surface area contributed by atoms with E-state index in [1.54, 1.807) is 6.07 Å². The van der Waals surface area contributed by atoms with E-state index < -0.39 is 12.1 Å². The summed E-state index contributed by atoms with van der Waals surface area (Å²) >= 11 is 5.80. The van der Waals surface area contributed by atoms with E-state index in [0.717, 1.165) is 0 Å². The Balaban J connectivity index is 2.03. The molecule has 1 aromatic rings. The topological polar surface area (TPSA) is 33.2 Å². The fourth-order valence-corrected chi connectivity index (χ4v) is 2.33. The molecule has 7 heteroatoms. The third-order valence-corrected chi connectivity index (χ3v) is 3.54. The summed E-state index contributed by atoms with van der Waals surface area (Å²) in [6.07, 6.45) is -2.85. The van der Waals surface area contributed by atoms with Crippen molar-refractivity contribution in [3.63, 3.8) is 0 Å². The normalized spacial score (nSPS) is 17.6. The van der Waals surface area contributed by atoms with E-state index in [-0.39, 0.29) is 42.6 Å². The second-order valence-corrected chi connectivity index (χ2v) is 4.81. The lowest BCUT2D eigenvalue weighted by molar-refractivity contribution is -0.183. The lowest BCUT2D eigenvalue weighted by Crippen LogP contribution is -2.42. The highest BCUT2D eigenvalue weighted by atomic mass is 35.5. The highest BCUT2D eigenvalue weighted by molar-refractivity contribution is 6.32. The standard InChI is InChI=1S/C12H12ClF3N2O/c13-10-9(2-1-5-17-10)11(19)18-6-3-8(4-7-18)12(14,15)16/h1-2,5,8H,3-4,6-7H2. The van der Waals surface area contributed by atoms with Crippen molar-refractivity contribution in [2.24, 2.45) is 5.92 Å². The molecule has 1 amide bonds. The Morgan fingerprint density at radius 1 is 1.37 bits per heavy atom. The summed E-state index contributed by atoms with van der Waals surface area (Å²) in [7, 11) is 0. The number of hydrogen-bond acceptors (Lipinski definition) is 2. The number of halogens is 4. The lowest BCUT2D eigenvalue weighted by Gasteiger charge is -2.33. The average Bonchev–Trinajstić information content (AvgIpc) is 2.38. The van der Waals surface area contributed by atoms with E-state index in [9.17, 15) is 18.0 Å². The zero-order chi connectivity index (χ0) is 14.0. The third-order valence-electron chi connectivity index (χ3n) is 3.23. The monoisotopic (exact) mass is 292 g/mol.